The van der Waals surface area contributed by atoms with Gasteiger partial charge in [-0.25, -0.2) is 0 Å². The zero-order valence-electron chi connectivity index (χ0n) is 13.3. The third kappa shape index (κ3) is 3.95. The van der Waals surface area contributed by atoms with Crippen LogP contribution in [0.4, 0.5) is 8.78 Å². The van der Waals surface area contributed by atoms with Crippen molar-refractivity contribution in [3.05, 3.63) is 0 Å². The number of hydrogen-bond donors (Lipinski definition) is 0. The van der Waals surface area contributed by atoms with Gasteiger partial charge in [0.15, 0.2) is 0 Å². The van der Waals surface area contributed by atoms with Crippen LogP contribution in [0.3, 0.4) is 0 Å². The van der Waals surface area contributed by atoms with Gasteiger partial charge in [0.1, 0.15) is 0 Å². The van der Waals surface area contributed by atoms with Gasteiger partial charge in [-0.05, 0) is 0 Å². The minimum absolute atomic E-state index is 0.487. The second-order valence-electron chi connectivity index (χ2n) is 6.49. The van der Waals surface area contributed by atoms with Crippen LogP contribution in [0.1, 0.15) is 59.3 Å². The Balaban J connectivity index is 2.92. The van der Waals surface area contributed by atoms with E-state index in [2.05, 4.69) is 20.8 Å². The fourth-order valence-corrected chi connectivity index (χ4v) is 23.2. The van der Waals surface area contributed by atoms with Crippen molar-refractivity contribution in [2.75, 3.05) is 0 Å². The maximum absolute atomic E-state index is 14.1. The molecule has 0 aliphatic heterocycles. The van der Waals surface area contributed by atoms with Crippen LogP contribution in [0, 0.1) is 5.92 Å². The van der Waals surface area contributed by atoms with Crippen molar-refractivity contribution in [3.63, 3.8) is 0 Å². The molecule has 1 nitrogen and oxygen atoms in total. The minimum atomic E-state index is -2.90. The molecule has 1 aliphatic carbocycles. The molecule has 0 radical (unpaired) electrons. The van der Waals surface area contributed by atoms with Crippen molar-refractivity contribution in [1.29, 1.82) is 0 Å². The zero-order valence-corrected chi connectivity index (χ0v) is 16.1. The molecule has 0 bridgehead atoms. The Morgan fingerprint density at radius 3 is 1.60 bits per heavy atom. The van der Waals surface area contributed by atoms with Crippen molar-refractivity contribution in [3.8, 4) is 0 Å². The third-order valence-corrected chi connectivity index (χ3v) is 22.4. The van der Waals surface area contributed by atoms with Crippen molar-refractivity contribution >= 4 is 24.7 Å². The topological polar surface area (TPSA) is 17.1 Å². The number of aldehydes is 1. The van der Waals surface area contributed by atoms with Gasteiger partial charge in [0.05, 0.1) is 0 Å². The second kappa shape index (κ2) is 8.09. The summed E-state index contributed by atoms with van der Waals surface area (Å²) in [6.07, 6.45) is 7.06. The molecule has 0 spiro atoms. The van der Waals surface area contributed by atoms with Gasteiger partial charge in [0, 0.05) is 0 Å². The Morgan fingerprint density at radius 2 is 1.35 bits per heavy atom. The molecule has 0 heterocycles. The van der Waals surface area contributed by atoms with Gasteiger partial charge in [0.25, 0.3) is 0 Å². The first-order valence-electron chi connectivity index (χ1n) is 8.33. The Bertz CT molecular complexity index is 285. The molecule has 0 aromatic heterocycles. The molecule has 1 aliphatic rings. The first-order valence-corrected chi connectivity index (χ1v) is 16.0. The number of rotatable bonds is 11. The Labute approximate surface area is 126 Å². The Kier molecular flexibility index (Phi) is 7.43. The zero-order chi connectivity index (χ0) is 15.2. The summed E-state index contributed by atoms with van der Waals surface area (Å²) >= 11 is -2.90. The Morgan fingerprint density at radius 1 is 0.950 bits per heavy atom. The van der Waals surface area contributed by atoms with Crippen LogP contribution in [0.5, 0.6) is 0 Å². The third-order valence-electron chi connectivity index (χ3n) is 5.00. The standard InChI is InChI=1S/C4H3F2O.3C4H9.Sn/c5-4(6)1-3(4)2-7;3*1-3-4-2;/h1-3H;3*1,3-4H2,2H3;. The van der Waals surface area contributed by atoms with E-state index in [9.17, 15) is 13.6 Å². The molecule has 1 saturated carbocycles. The van der Waals surface area contributed by atoms with Crippen molar-refractivity contribution in [1.82, 2.24) is 0 Å². The number of alkyl halides is 2. The molecule has 1 fully saturated rings. The molecule has 0 aromatic carbocycles. The predicted molar refractivity (Wildman–Crippen MR) is 83.2 cm³/mol. The summed E-state index contributed by atoms with van der Waals surface area (Å²) in [6, 6.07) is 0. The predicted octanol–water partition coefficient (Wildman–Crippen LogP) is 5.67. The fourth-order valence-electron chi connectivity index (χ4n) is 3.74. The van der Waals surface area contributed by atoms with Crippen molar-refractivity contribution in [2.45, 2.75) is 82.5 Å². The van der Waals surface area contributed by atoms with Gasteiger partial charge in [0.2, 0.25) is 0 Å². The average Bonchev–Trinajstić information content (AvgIpc) is 3.01. The van der Waals surface area contributed by atoms with Crippen molar-refractivity contribution in [2.24, 2.45) is 5.92 Å². The monoisotopic (exact) mass is 396 g/mol. The summed E-state index contributed by atoms with van der Waals surface area (Å²) in [5.41, 5.74) is 0. The van der Waals surface area contributed by atoms with E-state index in [1.807, 2.05) is 0 Å². The average molecular weight is 395 g/mol. The van der Waals surface area contributed by atoms with Crippen LogP contribution in [0.25, 0.3) is 0 Å². The van der Waals surface area contributed by atoms with E-state index in [0.717, 1.165) is 51.8 Å². The van der Waals surface area contributed by atoms with Crippen LogP contribution < -0.4 is 0 Å². The van der Waals surface area contributed by atoms with Crippen molar-refractivity contribution < 1.29 is 13.6 Å². The van der Waals surface area contributed by atoms with Crippen LogP contribution in [0.2, 0.25) is 17.2 Å². The summed E-state index contributed by atoms with van der Waals surface area (Å²) in [5, 5.41) is 0. The van der Waals surface area contributed by atoms with E-state index in [0.29, 0.717) is 6.29 Å². The van der Waals surface area contributed by atoms with Gasteiger partial charge >= 0.3 is 127 Å². The molecule has 118 valence electrons. The molecule has 4 heteroatoms. The first-order chi connectivity index (χ1) is 9.50. The number of unbranched alkanes of at least 4 members (excludes halogenated alkanes) is 3. The molecule has 0 N–H and O–H groups in total. The van der Waals surface area contributed by atoms with Gasteiger partial charge in [-0.1, -0.05) is 0 Å². The summed E-state index contributed by atoms with van der Waals surface area (Å²) in [6.45, 7) is 6.41. The van der Waals surface area contributed by atoms with Crippen LogP contribution >= 0.6 is 0 Å². The van der Waals surface area contributed by atoms with Gasteiger partial charge in [-0.2, -0.15) is 0 Å². The number of halogens is 2. The fraction of sp³-hybridized carbons (Fsp3) is 0.938. The molecule has 20 heavy (non-hydrogen) atoms. The molecule has 0 aromatic rings. The number of hydrogen-bond acceptors (Lipinski definition) is 1. The summed E-state index contributed by atoms with van der Waals surface area (Å²) < 4.78 is 30.8. The summed E-state index contributed by atoms with van der Waals surface area (Å²) in [7, 11) is 0. The van der Waals surface area contributed by atoms with Gasteiger partial charge in [-0.15, -0.1) is 0 Å². The molecular weight excluding hydrogens is 365 g/mol. The normalized spacial score (nSPS) is 24.6. The molecule has 1 rings (SSSR count). The van der Waals surface area contributed by atoms with E-state index >= 15 is 0 Å². The summed E-state index contributed by atoms with van der Waals surface area (Å²) in [5.74, 6) is -3.59. The summed E-state index contributed by atoms with van der Waals surface area (Å²) in [4.78, 5) is 11.0. The van der Waals surface area contributed by atoms with Crippen LogP contribution in [0.15, 0.2) is 0 Å². The number of carbonyl (C=O) groups excluding carboxylic acids is 1. The van der Waals surface area contributed by atoms with E-state index in [-0.39, 0.29) is 0 Å². The van der Waals surface area contributed by atoms with Gasteiger partial charge in [-0.3, -0.25) is 0 Å². The second-order valence-corrected chi connectivity index (χ2v) is 20.3. The molecule has 2 unspecified atom stereocenters. The SMILES string of the molecule is CCC[CH2][Sn]([CH2]CCC)([CH2]CCC)[CH]1C(C=O)C1(F)F. The first kappa shape index (κ1) is 18.4. The molecule has 0 amide bonds. The maximum atomic E-state index is 14.1. The molecule has 2 atom stereocenters. The number of carbonyl (C=O) groups is 1. The van der Waals surface area contributed by atoms with Crippen LogP contribution in [-0.4, -0.2) is 30.6 Å². The molecule has 0 saturated heterocycles. The molecular formula is C16H30F2OSn. The van der Waals surface area contributed by atoms with Gasteiger partial charge < -0.3 is 0 Å². The van der Waals surface area contributed by atoms with E-state index in [4.69, 9.17) is 0 Å². The Hall–Kier alpha value is 0.329. The van der Waals surface area contributed by atoms with Crippen LogP contribution in [-0.2, 0) is 4.79 Å². The van der Waals surface area contributed by atoms with E-state index < -0.39 is 34.2 Å². The van der Waals surface area contributed by atoms with E-state index in [1.165, 1.54) is 0 Å². The quantitative estimate of drug-likeness (QED) is 0.326. The van der Waals surface area contributed by atoms with E-state index in [1.54, 1.807) is 0 Å².